The van der Waals surface area contributed by atoms with Gasteiger partial charge < -0.3 is 10.6 Å². The van der Waals surface area contributed by atoms with Gasteiger partial charge in [-0.05, 0) is 31.0 Å². The van der Waals surface area contributed by atoms with Crippen LogP contribution in [0.15, 0.2) is 24.3 Å². The molecule has 0 aliphatic heterocycles. The number of hydrogen-bond donors (Lipinski definition) is 2. The van der Waals surface area contributed by atoms with E-state index in [1.807, 2.05) is 6.07 Å². The van der Waals surface area contributed by atoms with Crippen LogP contribution in [-0.4, -0.2) is 12.6 Å². The lowest BCUT2D eigenvalue weighted by Gasteiger charge is -2.07. The van der Waals surface area contributed by atoms with E-state index in [0.29, 0.717) is 17.8 Å². The van der Waals surface area contributed by atoms with Crippen molar-refractivity contribution < 1.29 is 4.79 Å². The second-order valence-corrected chi connectivity index (χ2v) is 3.73. The molecular formula is C14H15N3O. The highest BCUT2D eigenvalue weighted by Crippen LogP contribution is 2.09. The Bertz CT molecular complexity index is 483. The Morgan fingerprint density at radius 2 is 2.22 bits per heavy atom. The van der Waals surface area contributed by atoms with Gasteiger partial charge in [0.15, 0.2) is 0 Å². The number of terminal acetylenes is 1. The van der Waals surface area contributed by atoms with Crippen molar-refractivity contribution in [2.45, 2.75) is 19.3 Å². The summed E-state index contributed by atoms with van der Waals surface area (Å²) in [6, 6.07) is 8.51. The zero-order valence-electron chi connectivity index (χ0n) is 10.1. The van der Waals surface area contributed by atoms with Crippen LogP contribution in [0.3, 0.4) is 0 Å². The van der Waals surface area contributed by atoms with Gasteiger partial charge in [-0.25, -0.2) is 4.79 Å². The maximum absolute atomic E-state index is 11.5. The first kappa shape index (κ1) is 13.6. The van der Waals surface area contributed by atoms with E-state index in [-0.39, 0.29) is 6.03 Å². The van der Waals surface area contributed by atoms with E-state index in [9.17, 15) is 4.79 Å². The van der Waals surface area contributed by atoms with Crippen LogP contribution >= 0.6 is 0 Å². The molecule has 0 fully saturated rings. The third-order valence-electron chi connectivity index (χ3n) is 2.28. The molecule has 0 bridgehead atoms. The van der Waals surface area contributed by atoms with E-state index in [1.54, 1.807) is 24.3 Å². The summed E-state index contributed by atoms with van der Waals surface area (Å²) in [4.78, 5) is 11.5. The Kier molecular flexibility index (Phi) is 5.86. The molecule has 0 saturated heterocycles. The Morgan fingerprint density at radius 3 is 2.94 bits per heavy atom. The van der Waals surface area contributed by atoms with Crippen LogP contribution in [0, 0.1) is 23.7 Å². The molecule has 1 aromatic carbocycles. The van der Waals surface area contributed by atoms with Crippen molar-refractivity contribution in [3.8, 4) is 18.4 Å². The van der Waals surface area contributed by atoms with Gasteiger partial charge in [-0.15, -0.1) is 12.3 Å². The second kappa shape index (κ2) is 7.76. The maximum atomic E-state index is 11.5. The summed E-state index contributed by atoms with van der Waals surface area (Å²) in [5.74, 6) is 2.55. The number of benzene rings is 1. The largest absolute Gasteiger partial charge is 0.338 e. The molecule has 0 radical (unpaired) electrons. The van der Waals surface area contributed by atoms with E-state index in [1.165, 1.54) is 0 Å². The molecule has 4 nitrogen and oxygen atoms in total. The Hall–Kier alpha value is -2.46. The standard InChI is InChI=1S/C14H15N3O/c1-2-3-4-5-9-16-14(18)17-13-8-6-7-12(10-13)11-15/h1,6-8,10H,3-5,9H2,(H2,16,17,18). The maximum Gasteiger partial charge on any atom is 0.319 e. The lowest BCUT2D eigenvalue weighted by Crippen LogP contribution is -2.29. The smallest absolute Gasteiger partial charge is 0.319 e. The zero-order chi connectivity index (χ0) is 13.2. The Morgan fingerprint density at radius 1 is 1.39 bits per heavy atom. The van der Waals surface area contributed by atoms with Gasteiger partial charge in [0.25, 0.3) is 0 Å². The average molecular weight is 241 g/mol. The van der Waals surface area contributed by atoms with Gasteiger partial charge in [-0.2, -0.15) is 5.26 Å². The summed E-state index contributed by atoms with van der Waals surface area (Å²) >= 11 is 0. The fourth-order valence-electron chi connectivity index (χ4n) is 1.40. The number of carbonyl (C=O) groups is 1. The minimum Gasteiger partial charge on any atom is -0.338 e. The summed E-state index contributed by atoms with van der Waals surface area (Å²) in [7, 11) is 0. The predicted molar refractivity (Wildman–Crippen MR) is 70.9 cm³/mol. The second-order valence-electron chi connectivity index (χ2n) is 3.73. The molecule has 18 heavy (non-hydrogen) atoms. The van der Waals surface area contributed by atoms with Crippen molar-refractivity contribution in [2.24, 2.45) is 0 Å². The quantitative estimate of drug-likeness (QED) is 0.614. The van der Waals surface area contributed by atoms with Crippen LogP contribution in [0.5, 0.6) is 0 Å². The Labute approximate surface area is 107 Å². The number of unbranched alkanes of at least 4 members (excludes halogenated alkanes) is 2. The summed E-state index contributed by atoms with van der Waals surface area (Å²) < 4.78 is 0. The number of anilines is 1. The normalized spacial score (nSPS) is 9.00. The first-order valence-corrected chi connectivity index (χ1v) is 5.74. The number of urea groups is 1. The van der Waals surface area contributed by atoms with Gasteiger partial charge in [0.2, 0.25) is 0 Å². The van der Waals surface area contributed by atoms with Gasteiger partial charge >= 0.3 is 6.03 Å². The molecule has 0 spiro atoms. The molecule has 0 aliphatic carbocycles. The van der Waals surface area contributed by atoms with Crippen LogP contribution in [0.2, 0.25) is 0 Å². The van der Waals surface area contributed by atoms with Crippen LogP contribution < -0.4 is 10.6 Å². The van der Waals surface area contributed by atoms with E-state index in [2.05, 4.69) is 16.6 Å². The summed E-state index contributed by atoms with van der Waals surface area (Å²) in [6.45, 7) is 0.589. The van der Waals surface area contributed by atoms with Crippen molar-refractivity contribution in [1.29, 1.82) is 5.26 Å². The molecule has 0 atom stereocenters. The first-order valence-electron chi connectivity index (χ1n) is 5.74. The van der Waals surface area contributed by atoms with E-state index in [4.69, 9.17) is 11.7 Å². The third kappa shape index (κ3) is 5.05. The van der Waals surface area contributed by atoms with Crippen molar-refractivity contribution in [3.63, 3.8) is 0 Å². The zero-order valence-corrected chi connectivity index (χ0v) is 10.1. The summed E-state index contributed by atoms with van der Waals surface area (Å²) in [5, 5.41) is 14.1. The van der Waals surface area contributed by atoms with Crippen LogP contribution in [0.1, 0.15) is 24.8 Å². The molecule has 1 aromatic rings. The highest BCUT2D eigenvalue weighted by Gasteiger charge is 2.01. The van der Waals surface area contributed by atoms with Gasteiger partial charge in [-0.3, -0.25) is 0 Å². The number of amides is 2. The molecule has 2 N–H and O–H groups in total. The third-order valence-corrected chi connectivity index (χ3v) is 2.28. The van der Waals surface area contributed by atoms with Crippen LogP contribution in [-0.2, 0) is 0 Å². The monoisotopic (exact) mass is 241 g/mol. The van der Waals surface area contributed by atoms with Crippen molar-refractivity contribution in [2.75, 3.05) is 11.9 Å². The average Bonchev–Trinajstić information content (AvgIpc) is 2.38. The molecule has 0 saturated carbocycles. The topological polar surface area (TPSA) is 64.9 Å². The van der Waals surface area contributed by atoms with Gasteiger partial charge in [0.05, 0.1) is 11.6 Å². The number of nitrogens with one attached hydrogen (secondary N) is 2. The van der Waals surface area contributed by atoms with Crippen molar-refractivity contribution in [1.82, 2.24) is 5.32 Å². The molecule has 4 heteroatoms. The van der Waals surface area contributed by atoms with E-state index in [0.717, 1.165) is 19.3 Å². The summed E-state index contributed by atoms with van der Waals surface area (Å²) in [5.41, 5.74) is 1.12. The number of carbonyl (C=O) groups excluding carboxylic acids is 1. The molecule has 0 heterocycles. The SMILES string of the molecule is C#CCCCCNC(=O)Nc1cccc(C#N)c1. The lowest BCUT2D eigenvalue weighted by molar-refractivity contribution is 0.252. The number of rotatable bonds is 5. The molecule has 2 amide bonds. The van der Waals surface area contributed by atoms with Crippen molar-refractivity contribution >= 4 is 11.7 Å². The first-order chi connectivity index (χ1) is 8.76. The number of nitrogens with zero attached hydrogens (tertiary/aromatic N) is 1. The minimum absolute atomic E-state index is 0.272. The molecule has 0 aliphatic rings. The lowest BCUT2D eigenvalue weighted by atomic mass is 10.2. The fraction of sp³-hybridized carbons (Fsp3) is 0.286. The highest BCUT2D eigenvalue weighted by molar-refractivity contribution is 5.89. The van der Waals surface area contributed by atoms with Crippen LogP contribution in [0.25, 0.3) is 0 Å². The van der Waals surface area contributed by atoms with Gasteiger partial charge in [-0.1, -0.05) is 6.07 Å². The van der Waals surface area contributed by atoms with E-state index < -0.39 is 0 Å². The Balaban J connectivity index is 2.32. The van der Waals surface area contributed by atoms with Gasteiger partial charge in [0.1, 0.15) is 0 Å². The molecule has 0 unspecified atom stereocenters. The minimum atomic E-state index is -0.272. The summed E-state index contributed by atoms with van der Waals surface area (Å²) in [6.07, 6.45) is 7.61. The van der Waals surface area contributed by atoms with Gasteiger partial charge in [0, 0.05) is 18.7 Å². The fourth-order valence-corrected chi connectivity index (χ4v) is 1.40. The number of hydrogen-bond acceptors (Lipinski definition) is 2. The molecule has 1 rings (SSSR count). The van der Waals surface area contributed by atoms with Crippen LogP contribution in [0.4, 0.5) is 10.5 Å². The predicted octanol–water partition coefficient (Wildman–Crippen LogP) is 2.48. The highest BCUT2D eigenvalue weighted by atomic mass is 16.2. The van der Waals surface area contributed by atoms with Crippen molar-refractivity contribution in [3.05, 3.63) is 29.8 Å². The molecule has 0 aromatic heterocycles. The molecule has 92 valence electrons. The van der Waals surface area contributed by atoms with E-state index >= 15 is 0 Å². The number of nitriles is 1. The molecular weight excluding hydrogens is 226 g/mol.